The minimum atomic E-state index is -0.822. The average molecular weight is 281 g/mol. The van der Waals surface area contributed by atoms with Gasteiger partial charge in [0.1, 0.15) is 17.6 Å². The summed E-state index contributed by atoms with van der Waals surface area (Å²) in [7, 11) is 0. The Balaban J connectivity index is 2.42. The summed E-state index contributed by atoms with van der Waals surface area (Å²) in [6.45, 7) is 0. The molecule has 96 valence electrons. The van der Waals surface area contributed by atoms with Gasteiger partial charge in [-0.3, -0.25) is 0 Å². The maximum absolute atomic E-state index is 13.6. The van der Waals surface area contributed by atoms with Crippen molar-refractivity contribution in [2.24, 2.45) is 0 Å². The van der Waals surface area contributed by atoms with Crippen LogP contribution in [0.25, 0.3) is 0 Å². The summed E-state index contributed by atoms with van der Waals surface area (Å²) in [5.41, 5.74) is 5.02. The second-order valence-corrected chi connectivity index (χ2v) is 4.09. The highest BCUT2D eigenvalue weighted by Gasteiger charge is 2.12. The van der Waals surface area contributed by atoms with Crippen molar-refractivity contribution in [3.63, 3.8) is 0 Å². The molecular weight excluding hydrogens is 274 g/mol. The minimum Gasteiger partial charge on any atom is -0.453 e. The molecule has 0 spiro atoms. The second kappa shape index (κ2) is 5.12. The van der Waals surface area contributed by atoms with Gasteiger partial charge in [-0.05, 0) is 18.2 Å². The summed E-state index contributed by atoms with van der Waals surface area (Å²) < 4.78 is 32.0. The first-order valence-corrected chi connectivity index (χ1v) is 5.51. The standard InChI is InChI=1S/C13H7ClF2N2O/c14-8-1-2-12(7(3-8)6-17)19-13-5-9(15)11(18)4-10(13)16/h1-5H,18H2. The number of nitrogens with zero attached hydrogens (tertiary/aromatic N) is 1. The molecule has 6 heteroatoms. The van der Waals surface area contributed by atoms with E-state index in [4.69, 9.17) is 27.3 Å². The zero-order valence-electron chi connectivity index (χ0n) is 9.45. The molecule has 0 atom stereocenters. The molecule has 0 heterocycles. The molecule has 2 aromatic carbocycles. The number of hydrogen-bond donors (Lipinski definition) is 1. The minimum absolute atomic E-state index is 0.0787. The van der Waals surface area contributed by atoms with E-state index in [2.05, 4.69) is 0 Å². The lowest BCUT2D eigenvalue weighted by molar-refractivity contribution is 0.436. The molecule has 2 aromatic rings. The van der Waals surface area contributed by atoms with Gasteiger partial charge in [-0.25, -0.2) is 8.78 Å². The molecule has 0 bridgehead atoms. The molecule has 0 saturated heterocycles. The van der Waals surface area contributed by atoms with E-state index in [1.54, 1.807) is 0 Å². The fourth-order valence-electron chi connectivity index (χ4n) is 1.42. The Bertz CT molecular complexity index is 683. The van der Waals surface area contributed by atoms with Crippen LogP contribution in [0.2, 0.25) is 5.02 Å². The van der Waals surface area contributed by atoms with Crippen molar-refractivity contribution >= 4 is 17.3 Å². The molecule has 0 amide bonds. The maximum atomic E-state index is 13.6. The van der Waals surface area contributed by atoms with Crippen molar-refractivity contribution in [3.8, 4) is 17.6 Å². The van der Waals surface area contributed by atoms with Crippen molar-refractivity contribution in [2.45, 2.75) is 0 Å². The van der Waals surface area contributed by atoms with Crippen LogP contribution in [0, 0.1) is 23.0 Å². The largest absolute Gasteiger partial charge is 0.453 e. The molecule has 0 aromatic heterocycles. The molecule has 0 aliphatic rings. The van der Waals surface area contributed by atoms with Gasteiger partial charge in [-0.1, -0.05) is 11.6 Å². The predicted octanol–water partition coefficient (Wildman–Crippen LogP) is 3.86. The number of nitrogen functional groups attached to an aromatic ring is 1. The predicted molar refractivity (Wildman–Crippen MR) is 67.0 cm³/mol. The SMILES string of the molecule is N#Cc1cc(Cl)ccc1Oc1cc(F)c(N)cc1F. The number of nitrogens with two attached hydrogens (primary N) is 1. The Labute approximate surface area is 112 Å². The van der Waals surface area contributed by atoms with Gasteiger partial charge in [-0.2, -0.15) is 5.26 Å². The van der Waals surface area contributed by atoms with Crippen molar-refractivity contribution < 1.29 is 13.5 Å². The van der Waals surface area contributed by atoms with Gasteiger partial charge in [0, 0.05) is 17.2 Å². The molecule has 0 radical (unpaired) electrons. The first-order valence-electron chi connectivity index (χ1n) is 5.13. The zero-order valence-corrected chi connectivity index (χ0v) is 10.2. The van der Waals surface area contributed by atoms with Crippen LogP contribution >= 0.6 is 11.6 Å². The van der Waals surface area contributed by atoms with Crippen LogP contribution in [0.15, 0.2) is 30.3 Å². The third-order valence-electron chi connectivity index (χ3n) is 2.33. The Morgan fingerprint density at radius 1 is 1.11 bits per heavy atom. The molecule has 19 heavy (non-hydrogen) atoms. The second-order valence-electron chi connectivity index (χ2n) is 3.66. The van der Waals surface area contributed by atoms with Crippen LogP contribution < -0.4 is 10.5 Å². The van der Waals surface area contributed by atoms with Crippen molar-refractivity contribution in [1.29, 1.82) is 5.26 Å². The Morgan fingerprint density at radius 2 is 1.84 bits per heavy atom. The molecule has 3 nitrogen and oxygen atoms in total. The molecule has 0 saturated carbocycles. The number of rotatable bonds is 2. The lowest BCUT2D eigenvalue weighted by Gasteiger charge is -2.09. The summed E-state index contributed by atoms with van der Waals surface area (Å²) in [4.78, 5) is 0. The molecule has 0 unspecified atom stereocenters. The quantitative estimate of drug-likeness (QED) is 0.850. The summed E-state index contributed by atoms with van der Waals surface area (Å²) in [6.07, 6.45) is 0. The van der Waals surface area contributed by atoms with Gasteiger partial charge >= 0.3 is 0 Å². The van der Waals surface area contributed by atoms with Gasteiger partial charge in [0.25, 0.3) is 0 Å². The topological polar surface area (TPSA) is 59.0 Å². The van der Waals surface area contributed by atoms with E-state index in [9.17, 15) is 8.78 Å². The van der Waals surface area contributed by atoms with Gasteiger partial charge in [0.15, 0.2) is 11.6 Å². The Kier molecular flexibility index (Phi) is 3.54. The number of benzene rings is 2. The lowest BCUT2D eigenvalue weighted by atomic mass is 10.2. The first-order chi connectivity index (χ1) is 9.01. The van der Waals surface area contributed by atoms with Crippen LogP contribution in [0.3, 0.4) is 0 Å². The van der Waals surface area contributed by atoms with Gasteiger partial charge < -0.3 is 10.5 Å². The first kappa shape index (κ1) is 13.1. The highest BCUT2D eigenvalue weighted by atomic mass is 35.5. The fraction of sp³-hybridized carbons (Fsp3) is 0. The zero-order chi connectivity index (χ0) is 14.0. The van der Waals surface area contributed by atoms with E-state index >= 15 is 0 Å². The van der Waals surface area contributed by atoms with Crippen molar-refractivity contribution in [3.05, 3.63) is 52.6 Å². The summed E-state index contributed by atoms with van der Waals surface area (Å²) in [6, 6.07) is 7.72. The van der Waals surface area contributed by atoms with Crippen LogP contribution in [-0.4, -0.2) is 0 Å². The Hall–Kier alpha value is -2.32. The monoisotopic (exact) mass is 280 g/mol. The number of hydrogen-bond acceptors (Lipinski definition) is 3. The normalized spacial score (nSPS) is 10.0. The van der Waals surface area contributed by atoms with E-state index in [1.165, 1.54) is 18.2 Å². The summed E-state index contributed by atoms with van der Waals surface area (Å²) in [5, 5.41) is 9.25. The molecule has 2 rings (SSSR count). The number of halogens is 3. The van der Waals surface area contributed by atoms with E-state index in [0.717, 1.165) is 12.1 Å². The third-order valence-corrected chi connectivity index (χ3v) is 2.57. The smallest absolute Gasteiger partial charge is 0.167 e. The highest BCUT2D eigenvalue weighted by Crippen LogP contribution is 2.31. The maximum Gasteiger partial charge on any atom is 0.167 e. The molecule has 0 aliphatic carbocycles. The highest BCUT2D eigenvalue weighted by molar-refractivity contribution is 6.30. The van der Waals surface area contributed by atoms with Crippen LogP contribution in [0.1, 0.15) is 5.56 Å². The number of ether oxygens (including phenoxy) is 1. The number of anilines is 1. The van der Waals surface area contributed by atoms with Crippen molar-refractivity contribution in [1.82, 2.24) is 0 Å². The third kappa shape index (κ3) is 2.75. The van der Waals surface area contributed by atoms with Gasteiger partial charge in [-0.15, -0.1) is 0 Å². The Morgan fingerprint density at radius 3 is 2.53 bits per heavy atom. The van der Waals surface area contributed by atoms with E-state index in [1.807, 2.05) is 6.07 Å². The van der Waals surface area contributed by atoms with Gasteiger partial charge in [0.2, 0.25) is 0 Å². The molecular formula is C13H7ClF2N2O. The van der Waals surface area contributed by atoms with Crippen LogP contribution in [-0.2, 0) is 0 Å². The summed E-state index contributed by atoms with van der Waals surface area (Å²) in [5.74, 6) is -1.90. The van der Waals surface area contributed by atoms with Crippen LogP contribution in [0.4, 0.5) is 14.5 Å². The van der Waals surface area contributed by atoms with Crippen molar-refractivity contribution in [2.75, 3.05) is 5.73 Å². The number of nitriles is 1. The molecule has 2 N–H and O–H groups in total. The lowest BCUT2D eigenvalue weighted by Crippen LogP contribution is -1.96. The summed E-state index contributed by atoms with van der Waals surface area (Å²) >= 11 is 5.72. The van der Waals surface area contributed by atoms with E-state index in [0.29, 0.717) is 5.02 Å². The fourth-order valence-corrected chi connectivity index (χ4v) is 1.59. The van der Waals surface area contributed by atoms with E-state index < -0.39 is 11.6 Å². The average Bonchev–Trinajstić information content (AvgIpc) is 2.37. The van der Waals surface area contributed by atoms with Crippen LogP contribution in [0.5, 0.6) is 11.5 Å². The molecule has 0 fully saturated rings. The van der Waals surface area contributed by atoms with E-state index in [-0.39, 0.29) is 22.7 Å². The molecule has 0 aliphatic heterocycles. The van der Waals surface area contributed by atoms with Gasteiger partial charge in [0.05, 0.1) is 11.3 Å².